The highest BCUT2D eigenvalue weighted by Crippen LogP contribution is 2.36. The Labute approximate surface area is 88.8 Å². The molecule has 0 atom stereocenters. The highest BCUT2D eigenvalue weighted by Gasteiger charge is 2.24. The Hall–Kier alpha value is -1.29. The van der Waals surface area contributed by atoms with E-state index in [1.807, 2.05) is 29.9 Å². The van der Waals surface area contributed by atoms with Crippen LogP contribution in [0.1, 0.15) is 10.4 Å². The lowest BCUT2D eigenvalue weighted by atomic mass is 10.1. The number of halogens is 1. The largest absolute Gasteiger partial charge is 0.348 e. The van der Waals surface area contributed by atoms with E-state index in [9.17, 15) is 4.79 Å². The predicted octanol–water partition coefficient (Wildman–Crippen LogP) is 2.51. The van der Waals surface area contributed by atoms with Gasteiger partial charge in [-0.25, -0.2) is 0 Å². The summed E-state index contributed by atoms with van der Waals surface area (Å²) in [5, 5.41) is 3.87. The fraction of sp³-hybridized carbons (Fsp3) is 0.100. The van der Waals surface area contributed by atoms with Crippen molar-refractivity contribution < 1.29 is 4.79 Å². The normalized spacial score (nSPS) is 13.7. The molecule has 0 aliphatic carbocycles. The Morgan fingerprint density at radius 3 is 3.00 bits per heavy atom. The maximum atomic E-state index is 11.5. The van der Waals surface area contributed by atoms with Crippen molar-refractivity contribution in [3.63, 3.8) is 0 Å². The van der Waals surface area contributed by atoms with Crippen molar-refractivity contribution in [1.29, 1.82) is 0 Å². The number of carbonyl (C=O) groups excluding carboxylic acids is 1. The molecule has 1 aliphatic heterocycles. The van der Waals surface area contributed by atoms with Crippen LogP contribution >= 0.6 is 15.9 Å². The van der Waals surface area contributed by atoms with Gasteiger partial charge in [0.2, 0.25) is 0 Å². The van der Waals surface area contributed by atoms with Crippen LogP contribution in [0.15, 0.2) is 22.8 Å². The second-order valence-electron chi connectivity index (χ2n) is 3.46. The Balaban J connectivity index is 2.57. The molecule has 70 valence electrons. The number of nitrogens with one attached hydrogen (secondary N) is 1. The molecule has 1 aliphatic rings. The standard InChI is InChI=1S/C10H7BrN2O/c1-13-4-7-9-6(10(14)12-7)2-5(11)3-8(9)13/h2-4H,1H3,(H,12,14). The molecule has 0 radical (unpaired) electrons. The third kappa shape index (κ3) is 0.838. The number of aryl methyl sites for hydroxylation is 1. The number of amides is 1. The molecule has 0 unspecified atom stereocenters. The zero-order valence-electron chi connectivity index (χ0n) is 7.47. The van der Waals surface area contributed by atoms with Gasteiger partial charge in [-0.2, -0.15) is 0 Å². The summed E-state index contributed by atoms with van der Waals surface area (Å²) in [4.78, 5) is 11.5. The second-order valence-corrected chi connectivity index (χ2v) is 4.37. The number of aromatic nitrogens is 1. The Kier molecular flexibility index (Phi) is 1.37. The molecule has 3 nitrogen and oxygen atoms in total. The number of carbonyl (C=O) groups is 1. The molecule has 3 rings (SSSR count). The highest BCUT2D eigenvalue weighted by molar-refractivity contribution is 9.10. The average molecular weight is 251 g/mol. The number of hydrogen-bond acceptors (Lipinski definition) is 1. The van der Waals surface area contributed by atoms with Gasteiger partial charge in [-0.3, -0.25) is 4.79 Å². The monoisotopic (exact) mass is 250 g/mol. The van der Waals surface area contributed by atoms with Gasteiger partial charge in [0.25, 0.3) is 5.91 Å². The summed E-state index contributed by atoms with van der Waals surface area (Å²) < 4.78 is 2.95. The first-order valence-electron chi connectivity index (χ1n) is 4.27. The molecule has 1 aromatic carbocycles. The van der Waals surface area contributed by atoms with Crippen LogP contribution in [-0.2, 0) is 7.05 Å². The molecule has 1 amide bonds. The molecule has 1 N–H and O–H groups in total. The van der Waals surface area contributed by atoms with Gasteiger partial charge in [0.15, 0.2) is 0 Å². The summed E-state index contributed by atoms with van der Waals surface area (Å²) in [6.07, 6.45) is 1.94. The highest BCUT2D eigenvalue weighted by atomic mass is 79.9. The molecular formula is C10H7BrN2O. The summed E-state index contributed by atoms with van der Waals surface area (Å²) in [6.45, 7) is 0. The van der Waals surface area contributed by atoms with E-state index in [1.54, 1.807) is 0 Å². The van der Waals surface area contributed by atoms with Gasteiger partial charge in [-0.1, -0.05) is 15.9 Å². The van der Waals surface area contributed by atoms with E-state index >= 15 is 0 Å². The average Bonchev–Trinajstić information content (AvgIpc) is 2.57. The summed E-state index contributed by atoms with van der Waals surface area (Å²) in [7, 11) is 1.97. The SMILES string of the molecule is Cn1cc2c3c(cc(Br)cc31)C(=O)N2. The Morgan fingerprint density at radius 1 is 1.43 bits per heavy atom. The minimum atomic E-state index is -0.0121. The molecule has 0 fully saturated rings. The van der Waals surface area contributed by atoms with Gasteiger partial charge in [-0.15, -0.1) is 0 Å². The first-order chi connectivity index (χ1) is 6.66. The summed E-state index contributed by atoms with van der Waals surface area (Å²) in [5.74, 6) is -0.0121. The van der Waals surface area contributed by atoms with Crippen LogP contribution in [-0.4, -0.2) is 10.5 Å². The van der Waals surface area contributed by atoms with E-state index in [4.69, 9.17) is 0 Å². The summed E-state index contributed by atoms with van der Waals surface area (Å²) in [5.41, 5.74) is 2.74. The van der Waals surface area contributed by atoms with Gasteiger partial charge in [0.1, 0.15) is 0 Å². The maximum Gasteiger partial charge on any atom is 0.256 e. The van der Waals surface area contributed by atoms with Gasteiger partial charge in [0.05, 0.1) is 16.8 Å². The lowest BCUT2D eigenvalue weighted by Gasteiger charge is -2.00. The molecule has 1 aromatic heterocycles. The van der Waals surface area contributed by atoms with E-state index in [2.05, 4.69) is 21.2 Å². The van der Waals surface area contributed by atoms with Crippen molar-refractivity contribution in [2.24, 2.45) is 7.05 Å². The van der Waals surface area contributed by atoms with E-state index in [0.29, 0.717) is 0 Å². The van der Waals surface area contributed by atoms with Crippen LogP contribution in [0.25, 0.3) is 10.9 Å². The molecule has 0 spiro atoms. The number of hydrogen-bond donors (Lipinski definition) is 1. The number of rotatable bonds is 0. The molecule has 0 saturated carbocycles. The fourth-order valence-electron chi connectivity index (χ4n) is 1.94. The molecular weight excluding hydrogens is 244 g/mol. The predicted molar refractivity (Wildman–Crippen MR) is 58.6 cm³/mol. The van der Waals surface area contributed by atoms with Crippen molar-refractivity contribution in [1.82, 2.24) is 4.57 Å². The zero-order chi connectivity index (χ0) is 9.87. The number of benzene rings is 1. The summed E-state index contributed by atoms with van der Waals surface area (Å²) >= 11 is 3.40. The van der Waals surface area contributed by atoms with Gasteiger partial charge < -0.3 is 9.88 Å². The Bertz CT molecular complexity index is 571. The Morgan fingerprint density at radius 2 is 2.21 bits per heavy atom. The van der Waals surface area contributed by atoms with E-state index in [0.717, 1.165) is 26.6 Å². The van der Waals surface area contributed by atoms with Crippen molar-refractivity contribution in [2.45, 2.75) is 0 Å². The smallest absolute Gasteiger partial charge is 0.256 e. The second kappa shape index (κ2) is 2.39. The van der Waals surface area contributed by atoms with Gasteiger partial charge in [-0.05, 0) is 12.1 Å². The van der Waals surface area contributed by atoms with Gasteiger partial charge >= 0.3 is 0 Å². The molecule has 4 heteroatoms. The van der Waals surface area contributed by atoms with Crippen LogP contribution in [0.2, 0.25) is 0 Å². The van der Waals surface area contributed by atoms with Crippen LogP contribution in [0.4, 0.5) is 5.69 Å². The van der Waals surface area contributed by atoms with Crippen molar-refractivity contribution >= 4 is 38.4 Å². The molecule has 0 saturated heterocycles. The molecule has 2 aromatic rings. The van der Waals surface area contributed by atoms with E-state index in [1.165, 1.54) is 0 Å². The van der Waals surface area contributed by atoms with Crippen molar-refractivity contribution in [3.05, 3.63) is 28.4 Å². The quantitative estimate of drug-likeness (QED) is 0.766. The van der Waals surface area contributed by atoms with Crippen molar-refractivity contribution in [2.75, 3.05) is 5.32 Å². The van der Waals surface area contributed by atoms with Crippen LogP contribution in [0.3, 0.4) is 0 Å². The minimum absolute atomic E-state index is 0.0121. The van der Waals surface area contributed by atoms with Crippen LogP contribution in [0, 0.1) is 0 Å². The first kappa shape index (κ1) is 8.05. The molecule has 14 heavy (non-hydrogen) atoms. The van der Waals surface area contributed by atoms with E-state index < -0.39 is 0 Å². The fourth-order valence-corrected chi connectivity index (χ4v) is 2.39. The molecule has 0 bridgehead atoms. The lowest BCUT2D eigenvalue weighted by molar-refractivity contribution is 0.103. The lowest BCUT2D eigenvalue weighted by Crippen LogP contribution is -2.05. The third-order valence-corrected chi connectivity index (χ3v) is 3.01. The van der Waals surface area contributed by atoms with Gasteiger partial charge in [0, 0.05) is 23.1 Å². The van der Waals surface area contributed by atoms with Crippen molar-refractivity contribution in [3.8, 4) is 0 Å². The summed E-state index contributed by atoms with van der Waals surface area (Å²) in [6, 6.07) is 3.87. The first-order valence-corrected chi connectivity index (χ1v) is 5.06. The van der Waals surface area contributed by atoms with E-state index in [-0.39, 0.29) is 5.91 Å². The zero-order valence-corrected chi connectivity index (χ0v) is 9.05. The third-order valence-electron chi connectivity index (χ3n) is 2.55. The van der Waals surface area contributed by atoms with Crippen LogP contribution in [0.5, 0.6) is 0 Å². The topological polar surface area (TPSA) is 34.0 Å². The minimum Gasteiger partial charge on any atom is -0.348 e. The number of anilines is 1. The maximum absolute atomic E-state index is 11.5. The van der Waals surface area contributed by atoms with Crippen LogP contribution < -0.4 is 5.32 Å². The number of nitrogens with zero attached hydrogens (tertiary/aromatic N) is 1. The molecule has 2 heterocycles.